The van der Waals surface area contributed by atoms with Crippen molar-refractivity contribution in [3.8, 4) is 23.0 Å². The second kappa shape index (κ2) is 11.7. The van der Waals surface area contributed by atoms with Crippen LogP contribution in [-0.4, -0.2) is 57.9 Å². The van der Waals surface area contributed by atoms with E-state index in [0.717, 1.165) is 11.1 Å². The van der Waals surface area contributed by atoms with Gasteiger partial charge in [0, 0.05) is 12.1 Å². The van der Waals surface area contributed by atoms with Gasteiger partial charge in [0.1, 0.15) is 18.1 Å². The molecule has 8 heteroatoms. The Balaban J connectivity index is 1.63. The SMILES string of the molecule is CCOC(=O)c1ccc(OCC2c3cc(OC)c(OC)cc3CCN2C(=O)c2ccc(OC)cc2)cc1. The molecule has 0 saturated carbocycles. The van der Waals surface area contributed by atoms with E-state index in [4.69, 9.17) is 23.7 Å². The molecule has 3 aromatic rings. The third-order valence-electron chi connectivity index (χ3n) is 6.37. The summed E-state index contributed by atoms with van der Waals surface area (Å²) in [5.74, 6) is 2.01. The van der Waals surface area contributed by atoms with Crippen LogP contribution in [0.2, 0.25) is 0 Å². The van der Waals surface area contributed by atoms with Crippen LogP contribution in [0.5, 0.6) is 23.0 Å². The zero-order valence-corrected chi connectivity index (χ0v) is 21.5. The molecular weight excluding hydrogens is 474 g/mol. The van der Waals surface area contributed by atoms with Crippen molar-refractivity contribution in [1.29, 1.82) is 0 Å². The molecule has 0 saturated heterocycles. The van der Waals surface area contributed by atoms with Crippen LogP contribution in [0.25, 0.3) is 0 Å². The fraction of sp³-hybridized carbons (Fsp3) is 0.310. The number of ether oxygens (including phenoxy) is 5. The lowest BCUT2D eigenvalue weighted by molar-refractivity contribution is 0.0524. The number of methoxy groups -OCH3 is 3. The van der Waals surface area contributed by atoms with Crippen molar-refractivity contribution in [3.63, 3.8) is 0 Å². The maximum absolute atomic E-state index is 13.6. The number of amides is 1. The highest BCUT2D eigenvalue weighted by Crippen LogP contribution is 2.39. The first-order valence-corrected chi connectivity index (χ1v) is 12.1. The minimum atomic E-state index is -0.382. The second-order valence-electron chi connectivity index (χ2n) is 8.45. The molecule has 4 rings (SSSR count). The third-order valence-corrected chi connectivity index (χ3v) is 6.37. The number of esters is 1. The van der Waals surface area contributed by atoms with E-state index in [2.05, 4.69) is 0 Å². The number of nitrogens with zero attached hydrogens (tertiary/aromatic N) is 1. The first kappa shape index (κ1) is 25.9. The molecule has 37 heavy (non-hydrogen) atoms. The monoisotopic (exact) mass is 505 g/mol. The topological polar surface area (TPSA) is 83.5 Å². The van der Waals surface area contributed by atoms with E-state index in [1.807, 2.05) is 17.0 Å². The number of carbonyl (C=O) groups excluding carboxylic acids is 2. The van der Waals surface area contributed by atoms with Gasteiger partial charge < -0.3 is 28.6 Å². The van der Waals surface area contributed by atoms with Gasteiger partial charge in [-0.15, -0.1) is 0 Å². The number of hydrogen-bond donors (Lipinski definition) is 0. The maximum Gasteiger partial charge on any atom is 0.338 e. The standard InChI is InChI=1S/C29H31NO7/c1-5-36-29(32)20-8-12-23(13-9-20)37-18-25-24-17-27(35-4)26(34-3)16-21(24)14-15-30(25)28(31)19-6-10-22(33-2)11-7-19/h6-13,16-17,25H,5,14-15,18H2,1-4H3. The van der Waals surface area contributed by atoms with Crippen LogP contribution in [0.1, 0.15) is 44.8 Å². The van der Waals surface area contributed by atoms with E-state index >= 15 is 0 Å². The van der Waals surface area contributed by atoms with Gasteiger partial charge in [-0.3, -0.25) is 4.79 Å². The lowest BCUT2D eigenvalue weighted by Crippen LogP contribution is -2.42. The normalized spacial score (nSPS) is 14.4. The molecule has 1 aliphatic heterocycles. The molecule has 8 nitrogen and oxygen atoms in total. The molecule has 0 radical (unpaired) electrons. The number of benzene rings is 3. The Kier molecular flexibility index (Phi) is 8.18. The molecule has 0 bridgehead atoms. The van der Waals surface area contributed by atoms with Crippen molar-refractivity contribution in [2.24, 2.45) is 0 Å². The quantitative estimate of drug-likeness (QED) is 0.390. The Morgan fingerprint density at radius 2 is 1.46 bits per heavy atom. The Morgan fingerprint density at radius 1 is 0.838 bits per heavy atom. The average molecular weight is 506 g/mol. The predicted octanol–water partition coefficient (Wildman–Crippen LogP) is 4.71. The molecule has 1 unspecified atom stereocenters. The first-order valence-electron chi connectivity index (χ1n) is 12.1. The molecule has 0 N–H and O–H groups in total. The summed E-state index contributed by atoms with van der Waals surface area (Å²) in [6, 6.07) is 17.3. The lowest BCUT2D eigenvalue weighted by Gasteiger charge is -2.37. The molecule has 3 aromatic carbocycles. The molecule has 1 aliphatic rings. The molecule has 1 atom stereocenters. The molecule has 0 spiro atoms. The van der Waals surface area contributed by atoms with E-state index in [1.165, 1.54) is 0 Å². The van der Waals surface area contributed by atoms with E-state index in [0.29, 0.717) is 53.7 Å². The minimum absolute atomic E-state index is 0.102. The highest BCUT2D eigenvalue weighted by molar-refractivity contribution is 5.95. The number of hydrogen-bond acceptors (Lipinski definition) is 7. The summed E-state index contributed by atoms with van der Waals surface area (Å²) in [4.78, 5) is 27.4. The largest absolute Gasteiger partial charge is 0.497 e. The lowest BCUT2D eigenvalue weighted by atomic mass is 9.91. The first-order chi connectivity index (χ1) is 18.0. The van der Waals surface area contributed by atoms with Crippen LogP contribution in [0.3, 0.4) is 0 Å². The van der Waals surface area contributed by atoms with Crippen LogP contribution < -0.4 is 18.9 Å². The summed E-state index contributed by atoms with van der Waals surface area (Å²) in [6.45, 7) is 2.80. The van der Waals surface area contributed by atoms with Crippen molar-refractivity contribution < 1.29 is 33.3 Å². The van der Waals surface area contributed by atoms with Gasteiger partial charge in [-0.25, -0.2) is 4.79 Å². The molecule has 1 heterocycles. The molecule has 194 valence electrons. The summed E-state index contributed by atoms with van der Waals surface area (Å²) < 4.78 is 27.5. The van der Waals surface area contributed by atoms with Crippen LogP contribution >= 0.6 is 0 Å². The second-order valence-corrected chi connectivity index (χ2v) is 8.45. The zero-order valence-electron chi connectivity index (χ0n) is 21.5. The van der Waals surface area contributed by atoms with E-state index < -0.39 is 0 Å². The number of rotatable bonds is 9. The summed E-state index contributed by atoms with van der Waals surface area (Å²) in [5.41, 5.74) is 3.02. The van der Waals surface area contributed by atoms with Gasteiger partial charge in [-0.05, 0) is 85.1 Å². The molecular formula is C29H31NO7. The summed E-state index contributed by atoms with van der Waals surface area (Å²) >= 11 is 0. The molecule has 0 aliphatic carbocycles. The number of carbonyl (C=O) groups is 2. The van der Waals surface area contributed by atoms with Crippen molar-refractivity contribution in [2.75, 3.05) is 41.1 Å². The van der Waals surface area contributed by atoms with Crippen molar-refractivity contribution in [2.45, 2.75) is 19.4 Å². The van der Waals surface area contributed by atoms with Gasteiger partial charge in [-0.1, -0.05) is 0 Å². The van der Waals surface area contributed by atoms with E-state index in [9.17, 15) is 9.59 Å². The highest BCUT2D eigenvalue weighted by atomic mass is 16.5. The van der Waals surface area contributed by atoms with Crippen LogP contribution in [0.15, 0.2) is 60.7 Å². The van der Waals surface area contributed by atoms with E-state index in [1.54, 1.807) is 76.8 Å². The van der Waals surface area contributed by atoms with Crippen molar-refractivity contribution in [1.82, 2.24) is 4.90 Å². The average Bonchev–Trinajstić information content (AvgIpc) is 2.95. The van der Waals surface area contributed by atoms with Gasteiger partial charge in [-0.2, -0.15) is 0 Å². The Bertz CT molecular complexity index is 1240. The molecule has 1 amide bonds. The Labute approximate surface area is 216 Å². The highest BCUT2D eigenvalue weighted by Gasteiger charge is 2.33. The predicted molar refractivity (Wildman–Crippen MR) is 138 cm³/mol. The van der Waals surface area contributed by atoms with Crippen molar-refractivity contribution in [3.05, 3.63) is 82.9 Å². The minimum Gasteiger partial charge on any atom is -0.497 e. The van der Waals surface area contributed by atoms with Gasteiger partial charge in [0.05, 0.1) is 39.5 Å². The molecule has 0 aromatic heterocycles. The number of fused-ring (bicyclic) bond motifs is 1. The van der Waals surface area contributed by atoms with Gasteiger partial charge >= 0.3 is 5.97 Å². The zero-order chi connectivity index (χ0) is 26.4. The van der Waals surface area contributed by atoms with Crippen molar-refractivity contribution >= 4 is 11.9 Å². The molecule has 0 fully saturated rings. The summed E-state index contributed by atoms with van der Waals surface area (Å²) in [7, 11) is 4.78. The Hall–Kier alpha value is -4.20. The summed E-state index contributed by atoms with van der Waals surface area (Å²) in [6.07, 6.45) is 0.669. The van der Waals surface area contributed by atoms with Gasteiger partial charge in [0.25, 0.3) is 5.91 Å². The van der Waals surface area contributed by atoms with Gasteiger partial charge in [0.2, 0.25) is 0 Å². The Morgan fingerprint density at radius 3 is 2.08 bits per heavy atom. The smallest absolute Gasteiger partial charge is 0.338 e. The fourth-order valence-electron chi connectivity index (χ4n) is 4.43. The maximum atomic E-state index is 13.6. The van der Waals surface area contributed by atoms with Gasteiger partial charge in [0.15, 0.2) is 11.5 Å². The fourth-order valence-corrected chi connectivity index (χ4v) is 4.43. The van der Waals surface area contributed by atoms with E-state index in [-0.39, 0.29) is 24.5 Å². The van der Waals surface area contributed by atoms with Crippen LogP contribution in [0, 0.1) is 0 Å². The van der Waals surface area contributed by atoms with Crippen LogP contribution in [-0.2, 0) is 11.2 Å². The van der Waals surface area contributed by atoms with Crippen LogP contribution in [0.4, 0.5) is 0 Å². The third kappa shape index (κ3) is 5.63. The summed E-state index contributed by atoms with van der Waals surface area (Å²) in [5, 5.41) is 0.